The summed E-state index contributed by atoms with van der Waals surface area (Å²) in [5, 5.41) is 11.9. The van der Waals surface area contributed by atoms with Crippen molar-refractivity contribution in [1.82, 2.24) is 5.32 Å². The summed E-state index contributed by atoms with van der Waals surface area (Å²) in [4.78, 5) is 11.6. The number of nitrogens with one attached hydrogen (secondary N) is 1. The van der Waals surface area contributed by atoms with Crippen molar-refractivity contribution in [2.75, 3.05) is 13.2 Å². The van der Waals surface area contributed by atoms with Crippen LogP contribution in [0.2, 0.25) is 0 Å². The van der Waals surface area contributed by atoms with Crippen LogP contribution in [0.15, 0.2) is 0 Å². The Labute approximate surface area is 92.3 Å². The minimum Gasteiger partial charge on any atom is -0.396 e. The van der Waals surface area contributed by atoms with Crippen LogP contribution in [-0.4, -0.2) is 24.2 Å². The van der Waals surface area contributed by atoms with Gasteiger partial charge in [-0.15, -0.1) is 0 Å². The predicted molar refractivity (Wildman–Crippen MR) is 60.5 cm³/mol. The van der Waals surface area contributed by atoms with E-state index < -0.39 is 0 Å². The summed E-state index contributed by atoms with van der Waals surface area (Å²) in [5.74, 6) is 0.293. The second kappa shape index (κ2) is 5.50. The van der Waals surface area contributed by atoms with Crippen LogP contribution < -0.4 is 5.32 Å². The lowest BCUT2D eigenvalue weighted by Gasteiger charge is -2.17. The first-order valence-electron chi connectivity index (χ1n) is 6.02. The maximum Gasteiger partial charge on any atom is 0.222 e. The molecule has 1 fully saturated rings. The van der Waals surface area contributed by atoms with Crippen LogP contribution in [0, 0.1) is 11.3 Å². The van der Waals surface area contributed by atoms with Crippen molar-refractivity contribution in [2.45, 2.75) is 46.0 Å². The van der Waals surface area contributed by atoms with Gasteiger partial charge < -0.3 is 10.4 Å². The molecule has 1 unspecified atom stereocenters. The SMILES string of the molecule is CCCC(C)C(=O)NCC1(CCO)CC1. The third-order valence-electron chi connectivity index (χ3n) is 3.41. The zero-order chi connectivity index (χ0) is 11.3. The highest BCUT2D eigenvalue weighted by molar-refractivity contribution is 5.78. The van der Waals surface area contributed by atoms with Gasteiger partial charge in [-0.1, -0.05) is 20.3 Å². The average molecular weight is 213 g/mol. The Bertz CT molecular complexity index is 212. The lowest BCUT2D eigenvalue weighted by Crippen LogP contribution is -2.34. The van der Waals surface area contributed by atoms with Crippen molar-refractivity contribution in [1.29, 1.82) is 0 Å². The van der Waals surface area contributed by atoms with Crippen molar-refractivity contribution in [3.8, 4) is 0 Å². The third kappa shape index (κ3) is 3.82. The molecule has 0 aromatic carbocycles. The summed E-state index contributed by atoms with van der Waals surface area (Å²) in [6, 6.07) is 0. The Balaban J connectivity index is 2.22. The van der Waals surface area contributed by atoms with Crippen LogP contribution in [0.25, 0.3) is 0 Å². The van der Waals surface area contributed by atoms with Gasteiger partial charge in [-0.25, -0.2) is 0 Å². The Morgan fingerprint density at radius 2 is 2.20 bits per heavy atom. The van der Waals surface area contributed by atoms with Gasteiger partial charge in [0.05, 0.1) is 0 Å². The highest BCUT2D eigenvalue weighted by Gasteiger charge is 2.41. The first-order chi connectivity index (χ1) is 7.13. The van der Waals surface area contributed by atoms with E-state index in [1.165, 1.54) is 0 Å². The maximum atomic E-state index is 11.6. The van der Waals surface area contributed by atoms with Crippen LogP contribution in [0.1, 0.15) is 46.0 Å². The molecule has 1 aliphatic carbocycles. The number of hydrogen-bond donors (Lipinski definition) is 2. The second-order valence-electron chi connectivity index (χ2n) is 4.88. The second-order valence-corrected chi connectivity index (χ2v) is 4.88. The molecule has 0 aromatic rings. The molecular weight excluding hydrogens is 190 g/mol. The number of hydrogen-bond acceptors (Lipinski definition) is 2. The van der Waals surface area contributed by atoms with Crippen molar-refractivity contribution < 1.29 is 9.90 Å². The number of carbonyl (C=O) groups is 1. The van der Waals surface area contributed by atoms with E-state index in [0.717, 1.165) is 38.6 Å². The first-order valence-corrected chi connectivity index (χ1v) is 6.02. The molecule has 88 valence electrons. The first kappa shape index (κ1) is 12.5. The normalized spacial score (nSPS) is 19.7. The molecular formula is C12H23NO2. The van der Waals surface area contributed by atoms with Crippen LogP contribution in [-0.2, 0) is 4.79 Å². The summed E-state index contributed by atoms with van der Waals surface area (Å²) in [5.41, 5.74) is 0.232. The van der Waals surface area contributed by atoms with E-state index in [1.54, 1.807) is 0 Å². The van der Waals surface area contributed by atoms with E-state index in [2.05, 4.69) is 12.2 Å². The molecule has 0 radical (unpaired) electrons. The molecule has 0 heterocycles. The van der Waals surface area contributed by atoms with E-state index in [9.17, 15) is 4.79 Å². The lowest BCUT2D eigenvalue weighted by molar-refractivity contribution is -0.125. The fourth-order valence-corrected chi connectivity index (χ4v) is 1.94. The number of rotatable bonds is 7. The van der Waals surface area contributed by atoms with Crippen molar-refractivity contribution in [3.63, 3.8) is 0 Å². The molecule has 15 heavy (non-hydrogen) atoms. The largest absolute Gasteiger partial charge is 0.396 e. The number of aliphatic hydroxyl groups excluding tert-OH is 1. The minimum absolute atomic E-state index is 0.125. The fourth-order valence-electron chi connectivity index (χ4n) is 1.94. The van der Waals surface area contributed by atoms with Crippen LogP contribution in [0.5, 0.6) is 0 Å². The van der Waals surface area contributed by atoms with E-state index in [-0.39, 0.29) is 23.8 Å². The van der Waals surface area contributed by atoms with Gasteiger partial charge in [0, 0.05) is 19.1 Å². The molecule has 1 rings (SSSR count). The molecule has 1 atom stereocenters. The van der Waals surface area contributed by atoms with E-state index in [4.69, 9.17) is 5.11 Å². The molecule has 0 aromatic heterocycles. The average Bonchev–Trinajstić information content (AvgIpc) is 2.96. The van der Waals surface area contributed by atoms with Crippen LogP contribution >= 0.6 is 0 Å². The minimum atomic E-state index is 0.125. The molecule has 0 aliphatic heterocycles. The van der Waals surface area contributed by atoms with E-state index in [0.29, 0.717) is 0 Å². The molecule has 2 N–H and O–H groups in total. The molecule has 1 saturated carbocycles. The Kier molecular flexibility index (Phi) is 4.58. The third-order valence-corrected chi connectivity index (χ3v) is 3.41. The van der Waals surface area contributed by atoms with Gasteiger partial charge in [0.1, 0.15) is 0 Å². The number of amides is 1. The Hall–Kier alpha value is -0.570. The lowest BCUT2D eigenvalue weighted by atomic mass is 10.0. The summed E-state index contributed by atoms with van der Waals surface area (Å²) < 4.78 is 0. The molecule has 3 heteroatoms. The van der Waals surface area contributed by atoms with Crippen molar-refractivity contribution in [2.24, 2.45) is 11.3 Å². The molecule has 1 amide bonds. The molecule has 1 aliphatic rings. The highest BCUT2D eigenvalue weighted by atomic mass is 16.3. The number of carbonyl (C=O) groups excluding carboxylic acids is 1. The van der Waals surface area contributed by atoms with Crippen molar-refractivity contribution >= 4 is 5.91 Å². The maximum absolute atomic E-state index is 11.6. The van der Waals surface area contributed by atoms with Gasteiger partial charge in [0.2, 0.25) is 5.91 Å². The Morgan fingerprint density at radius 3 is 2.67 bits per heavy atom. The summed E-state index contributed by atoms with van der Waals surface area (Å²) in [7, 11) is 0. The topological polar surface area (TPSA) is 49.3 Å². The summed E-state index contributed by atoms with van der Waals surface area (Å²) >= 11 is 0. The van der Waals surface area contributed by atoms with Gasteiger partial charge in [0.15, 0.2) is 0 Å². The molecule has 0 spiro atoms. The van der Waals surface area contributed by atoms with Gasteiger partial charge in [-0.3, -0.25) is 4.79 Å². The van der Waals surface area contributed by atoms with E-state index in [1.807, 2.05) is 6.92 Å². The zero-order valence-corrected chi connectivity index (χ0v) is 9.88. The monoisotopic (exact) mass is 213 g/mol. The fraction of sp³-hybridized carbons (Fsp3) is 0.917. The van der Waals surface area contributed by atoms with Crippen LogP contribution in [0.3, 0.4) is 0 Å². The van der Waals surface area contributed by atoms with Gasteiger partial charge in [-0.05, 0) is 31.1 Å². The van der Waals surface area contributed by atoms with Crippen molar-refractivity contribution in [3.05, 3.63) is 0 Å². The summed E-state index contributed by atoms with van der Waals surface area (Å²) in [6.07, 6.45) is 5.14. The molecule has 3 nitrogen and oxygen atoms in total. The standard InChI is InChI=1S/C12H23NO2/c1-3-4-10(2)11(15)13-9-12(5-6-12)7-8-14/h10,14H,3-9H2,1-2H3,(H,13,15). The summed E-state index contributed by atoms with van der Waals surface area (Å²) in [6.45, 7) is 5.06. The molecule has 0 saturated heterocycles. The van der Waals surface area contributed by atoms with Crippen LogP contribution in [0.4, 0.5) is 0 Å². The predicted octanol–water partition coefficient (Wildman–Crippen LogP) is 1.70. The zero-order valence-electron chi connectivity index (χ0n) is 9.88. The van der Waals surface area contributed by atoms with Gasteiger partial charge in [-0.2, -0.15) is 0 Å². The van der Waals surface area contributed by atoms with Gasteiger partial charge >= 0.3 is 0 Å². The van der Waals surface area contributed by atoms with E-state index >= 15 is 0 Å². The highest BCUT2D eigenvalue weighted by Crippen LogP contribution is 2.47. The quantitative estimate of drug-likeness (QED) is 0.676. The van der Waals surface area contributed by atoms with Gasteiger partial charge in [0.25, 0.3) is 0 Å². The Morgan fingerprint density at radius 1 is 1.53 bits per heavy atom. The smallest absolute Gasteiger partial charge is 0.222 e. The molecule has 0 bridgehead atoms. The number of aliphatic hydroxyl groups is 1.